The Morgan fingerprint density at radius 2 is 1.71 bits per heavy atom. The molecule has 0 N–H and O–H groups in total. The standard InChI is InChI=1S/C25H22N2O7/c1-31-21-8-6-18(7-9-21)25(19-3-2-4-20(16-19)27(29)30)33-22-10-5-17(15-23(22)34-25)24(28)26-11-13-32-14-12-26/h2-10,15-16H,11-14H2,1H3. The van der Waals surface area contributed by atoms with Crippen molar-refractivity contribution in [3.05, 3.63) is 93.5 Å². The summed E-state index contributed by atoms with van der Waals surface area (Å²) in [6, 6.07) is 18.2. The monoisotopic (exact) mass is 462 g/mol. The van der Waals surface area contributed by atoms with E-state index in [0.29, 0.717) is 60.2 Å². The summed E-state index contributed by atoms with van der Waals surface area (Å²) >= 11 is 0. The summed E-state index contributed by atoms with van der Waals surface area (Å²) in [6.45, 7) is 2.06. The van der Waals surface area contributed by atoms with Crippen molar-refractivity contribution in [1.29, 1.82) is 0 Å². The van der Waals surface area contributed by atoms with Crippen LogP contribution in [0.3, 0.4) is 0 Å². The van der Waals surface area contributed by atoms with Crippen LogP contribution in [0.25, 0.3) is 0 Å². The third kappa shape index (κ3) is 3.80. The largest absolute Gasteiger partial charge is 0.497 e. The number of morpholine rings is 1. The lowest BCUT2D eigenvalue weighted by Crippen LogP contribution is -2.40. The molecular formula is C25H22N2O7. The molecule has 34 heavy (non-hydrogen) atoms. The zero-order valence-electron chi connectivity index (χ0n) is 18.4. The first-order valence-electron chi connectivity index (χ1n) is 10.8. The number of benzene rings is 3. The molecule has 1 saturated heterocycles. The number of fused-ring (bicyclic) bond motifs is 1. The van der Waals surface area contributed by atoms with Crippen molar-refractivity contribution in [2.45, 2.75) is 5.79 Å². The topological polar surface area (TPSA) is 100 Å². The van der Waals surface area contributed by atoms with Crippen LogP contribution in [0, 0.1) is 10.1 Å². The number of ether oxygens (including phenoxy) is 4. The highest BCUT2D eigenvalue weighted by Gasteiger charge is 2.46. The van der Waals surface area contributed by atoms with Crippen molar-refractivity contribution in [1.82, 2.24) is 4.90 Å². The van der Waals surface area contributed by atoms with Crippen molar-refractivity contribution in [2.24, 2.45) is 0 Å². The van der Waals surface area contributed by atoms with E-state index in [1.807, 2.05) is 0 Å². The minimum Gasteiger partial charge on any atom is -0.497 e. The second kappa shape index (κ2) is 8.68. The number of hydrogen-bond acceptors (Lipinski definition) is 7. The Labute approximate surface area is 195 Å². The van der Waals surface area contributed by atoms with E-state index < -0.39 is 10.7 Å². The van der Waals surface area contributed by atoms with Gasteiger partial charge in [0.1, 0.15) is 5.75 Å². The molecule has 0 aliphatic carbocycles. The van der Waals surface area contributed by atoms with Crippen LogP contribution in [-0.4, -0.2) is 49.1 Å². The molecule has 9 nitrogen and oxygen atoms in total. The van der Waals surface area contributed by atoms with Gasteiger partial charge in [0.2, 0.25) is 0 Å². The van der Waals surface area contributed by atoms with Gasteiger partial charge in [-0.15, -0.1) is 0 Å². The van der Waals surface area contributed by atoms with Gasteiger partial charge in [-0.1, -0.05) is 12.1 Å². The highest BCUT2D eigenvalue weighted by Crippen LogP contribution is 2.48. The van der Waals surface area contributed by atoms with Gasteiger partial charge in [0, 0.05) is 41.9 Å². The van der Waals surface area contributed by atoms with Crippen LogP contribution in [0.1, 0.15) is 21.5 Å². The van der Waals surface area contributed by atoms with Gasteiger partial charge >= 0.3 is 5.79 Å². The zero-order valence-corrected chi connectivity index (χ0v) is 18.4. The summed E-state index contributed by atoms with van der Waals surface area (Å²) in [4.78, 5) is 25.7. The fourth-order valence-electron chi connectivity index (χ4n) is 4.12. The molecule has 1 unspecified atom stereocenters. The first kappa shape index (κ1) is 21.7. The lowest BCUT2D eigenvalue weighted by molar-refractivity contribution is -0.385. The normalized spacial score (nSPS) is 19.0. The van der Waals surface area contributed by atoms with Gasteiger partial charge in [0.25, 0.3) is 11.6 Å². The van der Waals surface area contributed by atoms with Crippen LogP contribution in [0.2, 0.25) is 0 Å². The van der Waals surface area contributed by atoms with Gasteiger partial charge in [-0.25, -0.2) is 0 Å². The molecule has 3 aromatic rings. The third-order valence-electron chi connectivity index (χ3n) is 5.90. The molecule has 174 valence electrons. The van der Waals surface area contributed by atoms with Gasteiger partial charge < -0.3 is 23.8 Å². The maximum atomic E-state index is 13.0. The number of methoxy groups -OCH3 is 1. The number of hydrogen-bond donors (Lipinski definition) is 0. The van der Waals surface area contributed by atoms with Crippen LogP contribution in [0.5, 0.6) is 17.2 Å². The molecule has 3 aromatic carbocycles. The summed E-state index contributed by atoms with van der Waals surface area (Å²) in [5.41, 5.74) is 1.45. The Bertz CT molecular complexity index is 1240. The van der Waals surface area contributed by atoms with E-state index in [0.717, 1.165) is 0 Å². The van der Waals surface area contributed by atoms with Crippen LogP contribution < -0.4 is 14.2 Å². The quantitative estimate of drug-likeness (QED) is 0.421. The minimum atomic E-state index is -1.47. The number of nitro benzene ring substituents is 1. The second-order valence-electron chi connectivity index (χ2n) is 7.92. The Hall–Kier alpha value is -4.11. The van der Waals surface area contributed by atoms with Crippen molar-refractivity contribution in [2.75, 3.05) is 33.4 Å². The van der Waals surface area contributed by atoms with Crippen molar-refractivity contribution >= 4 is 11.6 Å². The molecule has 1 atom stereocenters. The molecule has 9 heteroatoms. The minimum absolute atomic E-state index is 0.0864. The molecule has 5 rings (SSSR count). The predicted molar refractivity (Wildman–Crippen MR) is 121 cm³/mol. The van der Waals surface area contributed by atoms with E-state index in [9.17, 15) is 14.9 Å². The fraction of sp³-hybridized carbons (Fsp3) is 0.240. The number of nitrogens with zero attached hydrogens (tertiary/aromatic N) is 2. The first-order chi connectivity index (χ1) is 16.5. The molecular weight excluding hydrogens is 440 g/mol. The predicted octanol–water partition coefficient (Wildman–Crippen LogP) is 3.75. The molecule has 0 radical (unpaired) electrons. The molecule has 2 aliphatic rings. The molecule has 0 saturated carbocycles. The highest BCUT2D eigenvalue weighted by molar-refractivity contribution is 5.95. The van der Waals surface area contributed by atoms with Gasteiger partial charge in [-0.2, -0.15) is 0 Å². The maximum Gasteiger partial charge on any atom is 0.305 e. The van der Waals surface area contributed by atoms with E-state index >= 15 is 0 Å². The number of carbonyl (C=O) groups is 1. The summed E-state index contributed by atoms with van der Waals surface area (Å²) in [5.74, 6) is -0.137. The van der Waals surface area contributed by atoms with Gasteiger partial charge in [0.05, 0.1) is 25.2 Å². The second-order valence-corrected chi connectivity index (χ2v) is 7.92. The van der Waals surface area contributed by atoms with Gasteiger partial charge in [-0.3, -0.25) is 14.9 Å². The Kier molecular flexibility index (Phi) is 5.54. The zero-order chi connectivity index (χ0) is 23.7. The number of nitro groups is 1. The van der Waals surface area contributed by atoms with Crippen LogP contribution >= 0.6 is 0 Å². The number of carbonyl (C=O) groups excluding carboxylic acids is 1. The molecule has 1 fully saturated rings. The number of non-ortho nitro benzene ring substituents is 1. The molecule has 2 heterocycles. The SMILES string of the molecule is COc1ccc(C2(c3cccc([N+](=O)[O-])c3)Oc3ccc(C(=O)N4CCOCC4)cc3O2)cc1. The molecule has 0 bridgehead atoms. The van der Waals surface area contributed by atoms with Crippen molar-refractivity contribution in [3.63, 3.8) is 0 Å². The van der Waals surface area contributed by atoms with Gasteiger partial charge in [0.15, 0.2) is 11.5 Å². The lowest BCUT2D eigenvalue weighted by atomic mass is 9.96. The highest BCUT2D eigenvalue weighted by atomic mass is 16.7. The van der Waals surface area contributed by atoms with E-state index in [2.05, 4.69) is 0 Å². The smallest absolute Gasteiger partial charge is 0.305 e. The van der Waals surface area contributed by atoms with Crippen molar-refractivity contribution in [3.8, 4) is 17.2 Å². The van der Waals surface area contributed by atoms with E-state index in [1.165, 1.54) is 12.1 Å². The number of rotatable bonds is 5. The molecule has 1 amide bonds. The van der Waals surface area contributed by atoms with E-state index in [4.69, 9.17) is 18.9 Å². The molecule has 0 spiro atoms. The van der Waals surface area contributed by atoms with Crippen LogP contribution in [-0.2, 0) is 10.5 Å². The lowest BCUT2D eigenvalue weighted by Gasteiger charge is -2.28. The Balaban J connectivity index is 1.55. The average Bonchev–Trinajstić information content (AvgIpc) is 3.29. The Morgan fingerprint density at radius 1 is 0.971 bits per heavy atom. The summed E-state index contributed by atoms with van der Waals surface area (Å²) in [6.07, 6.45) is 0. The summed E-state index contributed by atoms with van der Waals surface area (Å²) < 4.78 is 23.3. The molecule has 2 aliphatic heterocycles. The van der Waals surface area contributed by atoms with Crippen molar-refractivity contribution < 1.29 is 28.7 Å². The summed E-state index contributed by atoms with van der Waals surface area (Å²) in [7, 11) is 1.57. The van der Waals surface area contributed by atoms with E-state index in [-0.39, 0.29) is 11.6 Å². The summed E-state index contributed by atoms with van der Waals surface area (Å²) in [5, 5.41) is 11.4. The first-order valence-corrected chi connectivity index (χ1v) is 10.8. The Morgan fingerprint density at radius 3 is 2.41 bits per heavy atom. The number of amides is 1. The average molecular weight is 462 g/mol. The van der Waals surface area contributed by atoms with Crippen LogP contribution in [0.15, 0.2) is 66.7 Å². The van der Waals surface area contributed by atoms with E-state index in [1.54, 1.807) is 66.6 Å². The molecule has 0 aromatic heterocycles. The van der Waals surface area contributed by atoms with Crippen LogP contribution in [0.4, 0.5) is 5.69 Å². The third-order valence-corrected chi connectivity index (χ3v) is 5.90. The fourth-order valence-corrected chi connectivity index (χ4v) is 4.12. The van der Waals surface area contributed by atoms with Gasteiger partial charge in [-0.05, 0) is 42.5 Å². The maximum absolute atomic E-state index is 13.0.